The van der Waals surface area contributed by atoms with Crippen molar-refractivity contribution in [2.24, 2.45) is 5.41 Å². The summed E-state index contributed by atoms with van der Waals surface area (Å²) in [6.07, 6.45) is 4.47. The predicted octanol–water partition coefficient (Wildman–Crippen LogP) is 2.01. The second-order valence-corrected chi connectivity index (χ2v) is 4.81. The smallest absolute Gasteiger partial charge is 0.228 e. The molecule has 1 aliphatic rings. The summed E-state index contributed by atoms with van der Waals surface area (Å²) in [5.74, 6) is 0.219. The molecule has 0 radical (unpaired) electrons. The van der Waals surface area contributed by atoms with Gasteiger partial charge in [0.25, 0.3) is 0 Å². The zero-order valence-electron chi connectivity index (χ0n) is 9.40. The minimum atomic E-state index is -0.241. The van der Waals surface area contributed by atoms with Gasteiger partial charge in [0, 0.05) is 24.9 Å². The van der Waals surface area contributed by atoms with Gasteiger partial charge >= 0.3 is 0 Å². The van der Waals surface area contributed by atoms with Crippen molar-refractivity contribution in [1.82, 2.24) is 9.88 Å². The third-order valence-electron chi connectivity index (χ3n) is 3.14. The molecule has 1 fully saturated rings. The SMILES string of the molecule is CN1C(=O)C(C)(C)CC1c1cccnc1. The number of carbonyl (C=O) groups is 1. The Hall–Kier alpha value is -1.38. The fourth-order valence-electron chi connectivity index (χ4n) is 2.24. The maximum atomic E-state index is 11.9. The number of rotatable bonds is 1. The fourth-order valence-corrected chi connectivity index (χ4v) is 2.24. The summed E-state index contributed by atoms with van der Waals surface area (Å²) in [4.78, 5) is 17.8. The van der Waals surface area contributed by atoms with E-state index >= 15 is 0 Å². The molecule has 0 bridgehead atoms. The monoisotopic (exact) mass is 204 g/mol. The second kappa shape index (κ2) is 3.33. The van der Waals surface area contributed by atoms with Gasteiger partial charge in [-0.1, -0.05) is 19.9 Å². The summed E-state index contributed by atoms with van der Waals surface area (Å²) in [7, 11) is 1.87. The zero-order chi connectivity index (χ0) is 11.1. The molecule has 2 heterocycles. The van der Waals surface area contributed by atoms with Gasteiger partial charge in [-0.15, -0.1) is 0 Å². The molecule has 0 aliphatic carbocycles. The number of likely N-dealkylation sites (tertiary alicyclic amines) is 1. The highest BCUT2D eigenvalue weighted by Crippen LogP contribution is 2.42. The molecular weight excluding hydrogens is 188 g/mol. The summed E-state index contributed by atoms with van der Waals surface area (Å²) in [6, 6.07) is 4.13. The van der Waals surface area contributed by atoms with Crippen LogP contribution in [0.1, 0.15) is 31.9 Å². The highest BCUT2D eigenvalue weighted by molar-refractivity contribution is 5.84. The number of hydrogen-bond donors (Lipinski definition) is 0. The van der Waals surface area contributed by atoms with Crippen molar-refractivity contribution in [3.63, 3.8) is 0 Å². The molecule has 80 valence electrons. The molecule has 1 atom stereocenters. The molecule has 2 rings (SSSR count). The van der Waals surface area contributed by atoms with E-state index in [0.717, 1.165) is 12.0 Å². The second-order valence-electron chi connectivity index (χ2n) is 4.81. The van der Waals surface area contributed by atoms with Crippen LogP contribution in [0.3, 0.4) is 0 Å². The van der Waals surface area contributed by atoms with E-state index < -0.39 is 0 Å². The summed E-state index contributed by atoms with van der Waals surface area (Å²) in [6.45, 7) is 4.00. The standard InChI is InChI=1S/C12H16N2O/c1-12(2)7-10(14(3)11(12)15)9-5-4-6-13-8-9/h4-6,8,10H,7H2,1-3H3. The number of amides is 1. The summed E-state index contributed by atoms with van der Waals surface area (Å²) in [5.41, 5.74) is 0.883. The maximum absolute atomic E-state index is 11.9. The van der Waals surface area contributed by atoms with Crippen molar-refractivity contribution in [3.8, 4) is 0 Å². The molecule has 1 aliphatic heterocycles. The van der Waals surface area contributed by atoms with E-state index in [1.54, 1.807) is 6.20 Å². The Morgan fingerprint density at radius 3 is 2.73 bits per heavy atom. The van der Waals surface area contributed by atoms with Crippen LogP contribution in [0.5, 0.6) is 0 Å². The Morgan fingerprint density at radius 1 is 1.53 bits per heavy atom. The predicted molar refractivity (Wildman–Crippen MR) is 58.1 cm³/mol. The first-order valence-corrected chi connectivity index (χ1v) is 5.19. The molecule has 1 saturated heterocycles. The van der Waals surface area contributed by atoms with E-state index in [1.165, 1.54) is 0 Å². The van der Waals surface area contributed by atoms with Gasteiger partial charge in [-0.05, 0) is 18.1 Å². The van der Waals surface area contributed by atoms with Crippen molar-refractivity contribution >= 4 is 5.91 Å². The zero-order valence-corrected chi connectivity index (χ0v) is 9.40. The van der Waals surface area contributed by atoms with Gasteiger partial charge < -0.3 is 4.90 Å². The lowest BCUT2D eigenvalue weighted by atomic mass is 9.88. The molecule has 0 saturated carbocycles. The minimum absolute atomic E-state index is 0.182. The van der Waals surface area contributed by atoms with Crippen LogP contribution in [0.25, 0.3) is 0 Å². The topological polar surface area (TPSA) is 33.2 Å². The Kier molecular flexibility index (Phi) is 2.25. The van der Waals surface area contributed by atoms with Crippen LogP contribution in [-0.4, -0.2) is 22.8 Å². The quantitative estimate of drug-likeness (QED) is 0.701. The molecule has 1 aromatic heterocycles. The molecule has 1 unspecified atom stereocenters. The highest BCUT2D eigenvalue weighted by Gasteiger charge is 2.43. The average Bonchev–Trinajstić information content (AvgIpc) is 2.44. The normalized spacial score (nSPS) is 24.6. The third kappa shape index (κ3) is 1.62. The van der Waals surface area contributed by atoms with Gasteiger partial charge in [-0.2, -0.15) is 0 Å². The number of nitrogens with zero attached hydrogens (tertiary/aromatic N) is 2. The third-order valence-corrected chi connectivity index (χ3v) is 3.14. The van der Waals surface area contributed by atoms with Crippen LogP contribution in [-0.2, 0) is 4.79 Å². The molecule has 0 aromatic carbocycles. The lowest BCUT2D eigenvalue weighted by molar-refractivity contribution is -0.134. The fraction of sp³-hybridized carbons (Fsp3) is 0.500. The van der Waals surface area contributed by atoms with Gasteiger partial charge in [0.1, 0.15) is 0 Å². The van der Waals surface area contributed by atoms with Crippen molar-refractivity contribution in [2.75, 3.05) is 7.05 Å². The van der Waals surface area contributed by atoms with Crippen molar-refractivity contribution in [2.45, 2.75) is 26.3 Å². The first-order valence-electron chi connectivity index (χ1n) is 5.19. The Bertz CT molecular complexity index is 372. The van der Waals surface area contributed by atoms with Crippen LogP contribution in [0.2, 0.25) is 0 Å². The highest BCUT2D eigenvalue weighted by atomic mass is 16.2. The maximum Gasteiger partial charge on any atom is 0.228 e. The lowest BCUT2D eigenvalue weighted by Crippen LogP contribution is -2.28. The van der Waals surface area contributed by atoms with Crippen LogP contribution in [0, 0.1) is 5.41 Å². The van der Waals surface area contributed by atoms with Gasteiger partial charge in [0.2, 0.25) is 5.91 Å². The van der Waals surface area contributed by atoms with E-state index in [2.05, 4.69) is 4.98 Å². The first kappa shape index (κ1) is 10.1. The molecule has 3 heteroatoms. The first-order chi connectivity index (χ1) is 7.02. The molecule has 1 aromatic rings. The van der Waals surface area contributed by atoms with E-state index in [1.807, 2.05) is 44.1 Å². The van der Waals surface area contributed by atoms with Crippen LogP contribution >= 0.6 is 0 Å². The molecule has 1 amide bonds. The van der Waals surface area contributed by atoms with Crippen molar-refractivity contribution < 1.29 is 4.79 Å². The number of pyridine rings is 1. The number of carbonyl (C=O) groups excluding carboxylic acids is 1. The number of aromatic nitrogens is 1. The van der Waals surface area contributed by atoms with Crippen LogP contribution in [0.4, 0.5) is 0 Å². The summed E-state index contributed by atoms with van der Waals surface area (Å²) >= 11 is 0. The van der Waals surface area contributed by atoms with Crippen molar-refractivity contribution in [1.29, 1.82) is 0 Å². The van der Waals surface area contributed by atoms with E-state index in [0.29, 0.717) is 0 Å². The van der Waals surface area contributed by atoms with Crippen LogP contribution in [0.15, 0.2) is 24.5 Å². The van der Waals surface area contributed by atoms with Crippen molar-refractivity contribution in [3.05, 3.63) is 30.1 Å². The summed E-state index contributed by atoms with van der Waals surface area (Å²) in [5, 5.41) is 0. The average molecular weight is 204 g/mol. The van der Waals surface area contributed by atoms with E-state index in [4.69, 9.17) is 0 Å². The Morgan fingerprint density at radius 2 is 2.27 bits per heavy atom. The molecule has 15 heavy (non-hydrogen) atoms. The largest absolute Gasteiger partial charge is 0.338 e. The van der Waals surface area contributed by atoms with E-state index in [9.17, 15) is 4.79 Å². The molecule has 0 N–H and O–H groups in total. The van der Waals surface area contributed by atoms with E-state index in [-0.39, 0.29) is 17.4 Å². The van der Waals surface area contributed by atoms with Gasteiger partial charge in [0.05, 0.1) is 6.04 Å². The Balaban J connectivity index is 2.31. The lowest BCUT2D eigenvalue weighted by Gasteiger charge is -2.19. The summed E-state index contributed by atoms with van der Waals surface area (Å²) < 4.78 is 0. The van der Waals surface area contributed by atoms with Gasteiger partial charge in [-0.25, -0.2) is 0 Å². The molecule has 3 nitrogen and oxygen atoms in total. The van der Waals surface area contributed by atoms with Gasteiger partial charge in [-0.3, -0.25) is 9.78 Å². The van der Waals surface area contributed by atoms with Crippen LogP contribution < -0.4 is 0 Å². The number of hydrogen-bond acceptors (Lipinski definition) is 2. The molecular formula is C12H16N2O. The molecule has 0 spiro atoms. The Labute approximate surface area is 90.1 Å². The van der Waals surface area contributed by atoms with Gasteiger partial charge in [0.15, 0.2) is 0 Å². The minimum Gasteiger partial charge on any atom is -0.338 e.